The molecule has 2 heterocycles. The molecule has 0 aromatic carbocycles. The van der Waals surface area contributed by atoms with Crippen molar-refractivity contribution in [1.29, 1.82) is 0 Å². The van der Waals surface area contributed by atoms with E-state index in [4.69, 9.17) is 0 Å². The standard InChI is InChI=1S/C8H15FN2.ClH/c1-11-5-3-8(6-11)7(9)2-4-10-8;/h7,10H,2-6H2,1H3;1H. The minimum Gasteiger partial charge on any atom is -0.307 e. The van der Waals surface area contributed by atoms with Gasteiger partial charge in [-0.1, -0.05) is 0 Å². The van der Waals surface area contributed by atoms with E-state index in [1.165, 1.54) is 0 Å². The predicted octanol–water partition coefficient (Wildman–Crippen LogP) is 0.814. The summed E-state index contributed by atoms with van der Waals surface area (Å²) in [6, 6.07) is 0. The van der Waals surface area contributed by atoms with Crippen LogP contribution < -0.4 is 5.32 Å². The van der Waals surface area contributed by atoms with E-state index in [2.05, 4.69) is 17.3 Å². The molecule has 2 fully saturated rings. The lowest BCUT2D eigenvalue weighted by Gasteiger charge is -2.25. The number of rotatable bonds is 0. The topological polar surface area (TPSA) is 15.3 Å². The molecule has 2 aliphatic rings. The summed E-state index contributed by atoms with van der Waals surface area (Å²) in [5.41, 5.74) is -0.172. The predicted molar refractivity (Wildman–Crippen MR) is 49.6 cm³/mol. The third-order valence-electron chi connectivity index (χ3n) is 2.97. The minimum absolute atomic E-state index is 0. The van der Waals surface area contributed by atoms with Gasteiger partial charge in [-0.2, -0.15) is 0 Å². The third kappa shape index (κ3) is 1.45. The zero-order valence-corrected chi connectivity index (χ0v) is 8.16. The lowest BCUT2D eigenvalue weighted by Crippen LogP contribution is -2.47. The first kappa shape index (κ1) is 10.2. The van der Waals surface area contributed by atoms with Crippen LogP contribution in [0.15, 0.2) is 0 Å². The average Bonchev–Trinajstić information content (AvgIpc) is 2.46. The molecule has 0 bridgehead atoms. The minimum atomic E-state index is -0.618. The molecule has 1 spiro atoms. The van der Waals surface area contributed by atoms with Crippen molar-refractivity contribution in [3.05, 3.63) is 0 Å². The van der Waals surface area contributed by atoms with Gasteiger partial charge in [-0.05, 0) is 33.0 Å². The number of hydrogen-bond donors (Lipinski definition) is 1. The molecule has 2 aliphatic heterocycles. The molecule has 2 unspecified atom stereocenters. The second-order valence-electron chi connectivity index (χ2n) is 3.83. The Morgan fingerprint density at radius 2 is 2.33 bits per heavy atom. The Morgan fingerprint density at radius 1 is 1.58 bits per heavy atom. The summed E-state index contributed by atoms with van der Waals surface area (Å²) in [4.78, 5) is 2.20. The molecule has 1 N–H and O–H groups in total. The molecule has 72 valence electrons. The lowest BCUT2D eigenvalue weighted by atomic mass is 9.95. The van der Waals surface area contributed by atoms with Crippen molar-refractivity contribution in [2.45, 2.75) is 24.6 Å². The SMILES string of the molecule is CN1CCC2(C1)NCCC2F.Cl. The van der Waals surface area contributed by atoms with E-state index in [1.807, 2.05) is 0 Å². The first-order valence-electron chi connectivity index (χ1n) is 4.31. The fourth-order valence-electron chi connectivity index (χ4n) is 2.26. The molecule has 2 rings (SSSR count). The van der Waals surface area contributed by atoms with Crippen LogP contribution in [0.25, 0.3) is 0 Å². The maximum absolute atomic E-state index is 13.4. The van der Waals surface area contributed by atoms with Crippen LogP contribution in [0.5, 0.6) is 0 Å². The number of halogens is 2. The highest BCUT2D eigenvalue weighted by Gasteiger charge is 2.46. The summed E-state index contributed by atoms with van der Waals surface area (Å²) in [5.74, 6) is 0. The molecule has 0 radical (unpaired) electrons. The van der Waals surface area contributed by atoms with Gasteiger partial charge in [0, 0.05) is 6.54 Å². The van der Waals surface area contributed by atoms with E-state index in [0.29, 0.717) is 6.42 Å². The summed E-state index contributed by atoms with van der Waals surface area (Å²) in [5, 5.41) is 3.30. The van der Waals surface area contributed by atoms with Gasteiger partial charge in [0.15, 0.2) is 0 Å². The molecule has 0 amide bonds. The Hall–Kier alpha value is 0.140. The zero-order chi connectivity index (χ0) is 7.90. The van der Waals surface area contributed by atoms with Crippen molar-refractivity contribution < 1.29 is 4.39 Å². The van der Waals surface area contributed by atoms with Gasteiger partial charge < -0.3 is 10.2 Å². The summed E-state index contributed by atoms with van der Waals surface area (Å²) < 4.78 is 13.4. The van der Waals surface area contributed by atoms with Gasteiger partial charge in [-0.15, -0.1) is 12.4 Å². The highest BCUT2D eigenvalue weighted by Crippen LogP contribution is 2.31. The summed E-state index contributed by atoms with van der Waals surface area (Å²) in [6.07, 6.45) is 1.06. The van der Waals surface area contributed by atoms with Gasteiger partial charge in [-0.25, -0.2) is 4.39 Å². The monoisotopic (exact) mass is 194 g/mol. The van der Waals surface area contributed by atoms with Crippen LogP contribution >= 0.6 is 12.4 Å². The maximum Gasteiger partial charge on any atom is 0.121 e. The molecule has 2 atom stereocenters. The van der Waals surface area contributed by atoms with Crippen molar-refractivity contribution in [3.63, 3.8) is 0 Å². The highest BCUT2D eigenvalue weighted by atomic mass is 35.5. The third-order valence-corrected chi connectivity index (χ3v) is 2.97. The number of likely N-dealkylation sites (N-methyl/N-ethyl adjacent to an activating group) is 1. The van der Waals surface area contributed by atoms with Gasteiger partial charge in [0.25, 0.3) is 0 Å². The van der Waals surface area contributed by atoms with Crippen molar-refractivity contribution in [2.24, 2.45) is 0 Å². The van der Waals surface area contributed by atoms with Crippen molar-refractivity contribution in [2.75, 3.05) is 26.7 Å². The molecule has 0 aromatic rings. The van der Waals surface area contributed by atoms with E-state index < -0.39 is 6.17 Å². The molecular weight excluding hydrogens is 179 g/mol. The van der Waals surface area contributed by atoms with Gasteiger partial charge in [0.1, 0.15) is 6.17 Å². The van der Waals surface area contributed by atoms with Gasteiger partial charge in [0.2, 0.25) is 0 Å². The van der Waals surface area contributed by atoms with Crippen LogP contribution in [0, 0.1) is 0 Å². The Morgan fingerprint density at radius 3 is 2.75 bits per heavy atom. The fourth-order valence-corrected chi connectivity index (χ4v) is 2.26. The number of likely N-dealkylation sites (tertiary alicyclic amines) is 1. The molecular formula is C8H16ClFN2. The van der Waals surface area contributed by atoms with Crippen molar-refractivity contribution in [3.8, 4) is 0 Å². The molecule has 0 aromatic heterocycles. The van der Waals surface area contributed by atoms with E-state index in [1.54, 1.807) is 0 Å². The molecule has 2 saturated heterocycles. The van der Waals surface area contributed by atoms with E-state index in [-0.39, 0.29) is 17.9 Å². The second-order valence-corrected chi connectivity index (χ2v) is 3.83. The van der Waals surface area contributed by atoms with E-state index in [9.17, 15) is 4.39 Å². The van der Waals surface area contributed by atoms with Crippen LogP contribution in [0.3, 0.4) is 0 Å². The normalized spacial score (nSPS) is 42.0. The quantitative estimate of drug-likeness (QED) is 0.614. The largest absolute Gasteiger partial charge is 0.307 e. The maximum atomic E-state index is 13.4. The molecule has 4 heteroatoms. The molecule has 0 aliphatic carbocycles. The van der Waals surface area contributed by atoms with E-state index in [0.717, 1.165) is 26.1 Å². The molecule has 12 heavy (non-hydrogen) atoms. The van der Waals surface area contributed by atoms with Gasteiger partial charge in [0.05, 0.1) is 5.54 Å². The first-order valence-corrected chi connectivity index (χ1v) is 4.31. The number of nitrogens with one attached hydrogen (secondary N) is 1. The van der Waals surface area contributed by atoms with Gasteiger partial charge >= 0.3 is 0 Å². The van der Waals surface area contributed by atoms with Crippen LogP contribution in [0.4, 0.5) is 4.39 Å². The summed E-state index contributed by atoms with van der Waals surface area (Å²) >= 11 is 0. The summed E-state index contributed by atoms with van der Waals surface area (Å²) in [6.45, 7) is 2.77. The van der Waals surface area contributed by atoms with Crippen LogP contribution in [0.1, 0.15) is 12.8 Å². The van der Waals surface area contributed by atoms with Crippen molar-refractivity contribution >= 4 is 12.4 Å². The Bertz CT molecular complexity index is 167. The average molecular weight is 195 g/mol. The van der Waals surface area contributed by atoms with Crippen molar-refractivity contribution in [1.82, 2.24) is 10.2 Å². The number of nitrogens with zero attached hydrogens (tertiary/aromatic N) is 1. The van der Waals surface area contributed by atoms with E-state index >= 15 is 0 Å². The first-order chi connectivity index (χ1) is 5.23. The van der Waals surface area contributed by atoms with Crippen LogP contribution in [-0.4, -0.2) is 43.3 Å². The Labute approximate surface area is 78.9 Å². The second kappa shape index (κ2) is 3.48. The molecule has 2 nitrogen and oxygen atoms in total. The number of hydrogen-bond acceptors (Lipinski definition) is 2. The summed E-state index contributed by atoms with van der Waals surface area (Å²) in [7, 11) is 2.06. The molecule has 0 saturated carbocycles. The smallest absolute Gasteiger partial charge is 0.121 e. The zero-order valence-electron chi connectivity index (χ0n) is 7.35. The highest BCUT2D eigenvalue weighted by molar-refractivity contribution is 5.85. The fraction of sp³-hybridized carbons (Fsp3) is 1.00. The van der Waals surface area contributed by atoms with Gasteiger partial charge in [-0.3, -0.25) is 0 Å². The Balaban J connectivity index is 0.000000720. The lowest BCUT2D eigenvalue weighted by molar-refractivity contribution is 0.203. The van der Waals surface area contributed by atoms with Crippen LogP contribution in [0.2, 0.25) is 0 Å². The number of alkyl halides is 1. The van der Waals surface area contributed by atoms with Crippen LogP contribution in [-0.2, 0) is 0 Å². The Kier molecular flexibility index (Phi) is 2.97.